The molecule has 2 aromatic heterocycles. The molecule has 0 radical (unpaired) electrons. The van der Waals surface area contributed by atoms with Crippen molar-refractivity contribution in [3.63, 3.8) is 0 Å². The number of aromatic nitrogens is 4. The Hall–Kier alpha value is -3.76. The van der Waals surface area contributed by atoms with E-state index >= 15 is 0 Å². The zero-order valence-electron chi connectivity index (χ0n) is 19.4. The van der Waals surface area contributed by atoms with Crippen molar-refractivity contribution in [1.29, 1.82) is 0 Å². The van der Waals surface area contributed by atoms with Crippen molar-refractivity contribution in [2.45, 2.75) is 75.3 Å². The molecule has 2 aliphatic carbocycles. The van der Waals surface area contributed by atoms with Crippen LogP contribution in [0.5, 0.6) is 0 Å². The van der Waals surface area contributed by atoms with Crippen LogP contribution in [-0.4, -0.2) is 59.9 Å². The molecule has 1 aliphatic heterocycles. The van der Waals surface area contributed by atoms with Gasteiger partial charge in [-0.15, -0.1) is 0 Å². The van der Waals surface area contributed by atoms with E-state index in [0.717, 1.165) is 44.9 Å². The van der Waals surface area contributed by atoms with Crippen molar-refractivity contribution >= 4 is 23.7 Å². The van der Waals surface area contributed by atoms with E-state index in [2.05, 4.69) is 30.2 Å². The highest BCUT2D eigenvalue weighted by molar-refractivity contribution is 6.06. The lowest BCUT2D eigenvalue weighted by molar-refractivity contribution is -0.146. The molecular formula is C24H28N6O5. The molecule has 0 unspecified atom stereocenters. The molecular weight excluding hydrogens is 452 g/mol. The number of carboxylic acids is 1. The number of amides is 1. The number of cyclic esters (lactones) is 1. The van der Waals surface area contributed by atoms with E-state index in [1.165, 1.54) is 25.0 Å². The standard InChI is InChI=1S/C12H15N3O3.C12H13N3O2/c16-10(9-8-13-6-7-14-9)15-12(11(17)18)4-2-1-3-5-12;16-11-12(4-2-1-3-5-12)15-10(17-11)9-8-13-6-7-14-9/h6-8H,1-5H2,(H,15,16)(H,17,18);6-8H,1-5H2. The van der Waals surface area contributed by atoms with Crippen LogP contribution < -0.4 is 5.32 Å². The predicted molar refractivity (Wildman–Crippen MR) is 123 cm³/mol. The highest BCUT2D eigenvalue weighted by atomic mass is 16.6. The van der Waals surface area contributed by atoms with Crippen LogP contribution in [0.15, 0.2) is 42.2 Å². The zero-order chi connectivity index (χ0) is 24.7. The fourth-order valence-electron chi connectivity index (χ4n) is 4.66. The molecule has 1 amide bonds. The Morgan fingerprint density at radius 3 is 2.06 bits per heavy atom. The minimum Gasteiger partial charge on any atom is -0.480 e. The average Bonchev–Trinajstić information content (AvgIpc) is 3.21. The quantitative estimate of drug-likeness (QED) is 0.627. The van der Waals surface area contributed by atoms with Crippen molar-refractivity contribution in [1.82, 2.24) is 25.3 Å². The molecule has 2 fully saturated rings. The van der Waals surface area contributed by atoms with Crippen LogP contribution in [-0.2, 0) is 14.3 Å². The van der Waals surface area contributed by atoms with Crippen LogP contribution in [0.3, 0.4) is 0 Å². The maximum atomic E-state index is 11.9. The van der Waals surface area contributed by atoms with Gasteiger partial charge in [-0.2, -0.15) is 0 Å². The van der Waals surface area contributed by atoms with Crippen molar-refractivity contribution in [2.75, 3.05) is 0 Å². The first-order valence-electron chi connectivity index (χ1n) is 11.8. The highest BCUT2D eigenvalue weighted by Gasteiger charge is 2.47. The maximum Gasteiger partial charge on any atom is 0.340 e. The van der Waals surface area contributed by atoms with E-state index in [9.17, 15) is 19.5 Å². The van der Waals surface area contributed by atoms with Gasteiger partial charge in [-0.05, 0) is 25.7 Å². The minimum absolute atomic E-state index is 0.142. The molecule has 2 N–H and O–H groups in total. The Morgan fingerprint density at radius 1 is 0.857 bits per heavy atom. The molecule has 1 spiro atoms. The van der Waals surface area contributed by atoms with E-state index in [1.54, 1.807) is 18.6 Å². The van der Waals surface area contributed by atoms with Crippen molar-refractivity contribution in [3.05, 3.63) is 48.6 Å². The molecule has 2 saturated carbocycles. The summed E-state index contributed by atoms with van der Waals surface area (Å²) in [5.74, 6) is -1.35. The first kappa shape index (κ1) is 24.4. The fraction of sp³-hybridized carbons (Fsp3) is 0.500. The number of rotatable bonds is 4. The molecule has 35 heavy (non-hydrogen) atoms. The number of nitrogens with one attached hydrogen (secondary N) is 1. The summed E-state index contributed by atoms with van der Waals surface area (Å²) in [7, 11) is 0. The van der Waals surface area contributed by atoms with Gasteiger partial charge in [0.15, 0.2) is 5.54 Å². The summed E-state index contributed by atoms with van der Waals surface area (Å²) in [4.78, 5) is 55.5. The maximum absolute atomic E-state index is 11.9. The van der Waals surface area contributed by atoms with Gasteiger partial charge in [-0.25, -0.2) is 24.5 Å². The summed E-state index contributed by atoms with van der Waals surface area (Å²) in [5, 5.41) is 11.9. The Balaban J connectivity index is 0.000000165. The smallest absolute Gasteiger partial charge is 0.340 e. The predicted octanol–water partition coefficient (Wildman–Crippen LogP) is 2.48. The zero-order valence-corrected chi connectivity index (χ0v) is 19.4. The van der Waals surface area contributed by atoms with Gasteiger partial charge in [0.25, 0.3) is 5.91 Å². The van der Waals surface area contributed by atoms with Gasteiger partial charge in [-0.1, -0.05) is 38.5 Å². The number of carbonyl (C=O) groups excluding carboxylic acids is 2. The average molecular weight is 481 g/mol. The lowest BCUT2D eigenvalue weighted by Crippen LogP contribution is -2.55. The SMILES string of the molecule is O=C(NC1(C(=O)O)CCCCC1)c1cnccn1.O=C1OC(c2cnccn2)=NC12CCCCC2. The van der Waals surface area contributed by atoms with Crippen LogP contribution >= 0.6 is 0 Å². The number of hydrogen-bond acceptors (Lipinski definition) is 9. The van der Waals surface area contributed by atoms with Crippen molar-refractivity contribution in [2.24, 2.45) is 4.99 Å². The molecule has 184 valence electrons. The van der Waals surface area contributed by atoms with Crippen LogP contribution in [0.4, 0.5) is 0 Å². The number of aliphatic imine (C=N–C) groups is 1. The van der Waals surface area contributed by atoms with E-state index in [1.807, 2.05) is 0 Å². The Labute approximate surface area is 202 Å². The number of aliphatic carboxylic acids is 1. The summed E-state index contributed by atoms with van der Waals surface area (Å²) < 4.78 is 5.25. The van der Waals surface area contributed by atoms with E-state index in [0.29, 0.717) is 24.4 Å². The first-order chi connectivity index (χ1) is 16.9. The fourth-order valence-corrected chi connectivity index (χ4v) is 4.66. The molecule has 3 heterocycles. The van der Waals surface area contributed by atoms with E-state index in [4.69, 9.17) is 4.74 Å². The first-order valence-corrected chi connectivity index (χ1v) is 11.8. The normalized spacial score (nSPS) is 20.1. The summed E-state index contributed by atoms with van der Waals surface area (Å²) >= 11 is 0. The van der Waals surface area contributed by atoms with Gasteiger partial charge in [-0.3, -0.25) is 14.8 Å². The number of carbonyl (C=O) groups is 3. The van der Waals surface area contributed by atoms with Gasteiger partial charge in [0, 0.05) is 24.8 Å². The largest absolute Gasteiger partial charge is 0.480 e. The van der Waals surface area contributed by atoms with Crippen LogP contribution in [0.2, 0.25) is 0 Å². The third-order valence-electron chi connectivity index (χ3n) is 6.61. The van der Waals surface area contributed by atoms with Crippen molar-refractivity contribution in [3.8, 4) is 0 Å². The molecule has 5 rings (SSSR count). The minimum atomic E-state index is -1.15. The Kier molecular flexibility index (Phi) is 7.42. The number of esters is 1. The second-order valence-corrected chi connectivity index (χ2v) is 8.98. The second-order valence-electron chi connectivity index (χ2n) is 8.98. The third kappa shape index (κ3) is 5.50. The third-order valence-corrected chi connectivity index (χ3v) is 6.61. The number of ether oxygens (including phenoxy) is 1. The lowest BCUT2D eigenvalue weighted by Gasteiger charge is -2.33. The van der Waals surface area contributed by atoms with Gasteiger partial charge < -0.3 is 15.2 Å². The summed E-state index contributed by atoms with van der Waals surface area (Å²) in [6.07, 6.45) is 17.3. The van der Waals surface area contributed by atoms with Gasteiger partial charge >= 0.3 is 11.9 Å². The molecule has 0 aromatic carbocycles. The molecule has 2 aromatic rings. The van der Waals surface area contributed by atoms with Crippen molar-refractivity contribution < 1.29 is 24.2 Å². The van der Waals surface area contributed by atoms with Crippen LogP contribution in [0.25, 0.3) is 0 Å². The monoisotopic (exact) mass is 480 g/mol. The molecule has 11 nitrogen and oxygen atoms in total. The van der Waals surface area contributed by atoms with Gasteiger partial charge in [0.1, 0.15) is 16.9 Å². The summed E-state index contributed by atoms with van der Waals surface area (Å²) in [5.41, 5.74) is -1.11. The number of hydrogen-bond donors (Lipinski definition) is 2. The summed E-state index contributed by atoms with van der Waals surface area (Å²) in [6.45, 7) is 0. The van der Waals surface area contributed by atoms with Gasteiger partial charge in [0.2, 0.25) is 5.90 Å². The van der Waals surface area contributed by atoms with Crippen LogP contribution in [0.1, 0.15) is 80.4 Å². The highest BCUT2D eigenvalue weighted by Crippen LogP contribution is 2.36. The molecule has 0 bridgehead atoms. The lowest BCUT2D eigenvalue weighted by atomic mass is 9.81. The van der Waals surface area contributed by atoms with E-state index in [-0.39, 0.29) is 11.7 Å². The van der Waals surface area contributed by atoms with Crippen LogP contribution in [0, 0.1) is 0 Å². The Morgan fingerprint density at radius 2 is 1.49 bits per heavy atom. The molecule has 0 saturated heterocycles. The molecule has 0 atom stereocenters. The van der Waals surface area contributed by atoms with Gasteiger partial charge in [0.05, 0.1) is 12.4 Å². The molecule has 3 aliphatic rings. The number of nitrogens with zero attached hydrogens (tertiary/aromatic N) is 5. The Bertz CT molecular complexity index is 1080. The van der Waals surface area contributed by atoms with E-state index < -0.39 is 23.0 Å². The second kappa shape index (κ2) is 10.7. The summed E-state index contributed by atoms with van der Waals surface area (Å²) in [6, 6.07) is 0. The topological polar surface area (TPSA) is 157 Å². The molecule has 11 heteroatoms. The number of carboxylic acid groups (broad SMARTS) is 1.